The average Bonchev–Trinajstić information content (AvgIpc) is 2.77. The highest BCUT2D eigenvalue weighted by atomic mass is 32.2. The largest absolute Gasteiger partial charge is 0.311 e. The Morgan fingerprint density at radius 2 is 1.95 bits per heavy atom. The lowest BCUT2D eigenvalue weighted by Crippen LogP contribution is -2.47. The third kappa shape index (κ3) is 2.70. The van der Waals surface area contributed by atoms with E-state index in [1.807, 2.05) is 6.07 Å². The molecular formula is C14H17N3O2S. The van der Waals surface area contributed by atoms with E-state index in [1.54, 1.807) is 12.1 Å². The van der Waals surface area contributed by atoms with E-state index >= 15 is 0 Å². The first-order chi connectivity index (χ1) is 9.56. The van der Waals surface area contributed by atoms with Crippen molar-refractivity contribution in [2.75, 3.05) is 0 Å². The first-order valence-electron chi connectivity index (χ1n) is 6.85. The molecule has 2 fully saturated rings. The molecular weight excluding hydrogens is 274 g/mol. The second-order valence-corrected chi connectivity index (χ2v) is 7.28. The van der Waals surface area contributed by atoms with Crippen LogP contribution < -0.4 is 10.0 Å². The molecule has 2 aliphatic heterocycles. The number of benzene rings is 1. The number of piperidine rings is 1. The highest BCUT2D eigenvalue weighted by Gasteiger charge is 2.35. The molecule has 2 aliphatic rings. The van der Waals surface area contributed by atoms with Gasteiger partial charge in [-0.25, -0.2) is 13.1 Å². The van der Waals surface area contributed by atoms with Crippen LogP contribution >= 0.6 is 0 Å². The minimum absolute atomic E-state index is 0.00973. The van der Waals surface area contributed by atoms with Gasteiger partial charge in [0.05, 0.1) is 16.5 Å². The van der Waals surface area contributed by atoms with Crippen molar-refractivity contribution >= 4 is 10.0 Å². The second kappa shape index (κ2) is 5.17. The summed E-state index contributed by atoms with van der Waals surface area (Å²) in [6.07, 6.45) is 3.95. The molecule has 0 saturated carbocycles. The van der Waals surface area contributed by atoms with Gasteiger partial charge in [0.2, 0.25) is 10.0 Å². The Bertz CT molecular complexity index is 639. The van der Waals surface area contributed by atoms with E-state index in [9.17, 15) is 8.42 Å². The first-order valence-corrected chi connectivity index (χ1v) is 8.34. The number of nitrogens with zero attached hydrogens (tertiary/aromatic N) is 1. The van der Waals surface area contributed by atoms with Gasteiger partial charge < -0.3 is 5.32 Å². The van der Waals surface area contributed by atoms with Gasteiger partial charge in [0.15, 0.2) is 0 Å². The smallest absolute Gasteiger partial charge is 0.240 e. The van der Waals surface area contributed by atoms with Crippen LogP contribution in [0.5, 0.6) is 0 Å². The number of nitrogens with one attached hydrogen (secondary N) is 2. The third-order valence-electron chi connectivity index (χ3n) is 4.07. The fourth-order valence-corrected chi connectivity index (χ4v) is 4.48. The number of hydrogen-bond donors (Lipinski definition) is 2. The van der Waals surface area contributed by atoms with E-state index in [0.29, 0.717) is 17.6 Å². The van der Waals surface area contributed by atoms with Crippen LogP contribution in [0.25, 0.3) is 0 Å². The molecule has 0 aromatic heterocycles. The molecule has 106 valence electrons. The molecule has 2 unspecified atom stereocenters. The summed E-state index contributed by atoms with van der Waals surface area (Å²) >= 11 is 0. The van der Waals surface area contributed by atoms with Crippen LogP contribution in [-0.4, -0.2) is 26.5 Å². The highest BCUT2D eigenvalue weighted by molar-refractivity contribution is 7.89. The van der Waals surface area contributed by atoms with Crippen molar-refractivity contribution in [2.24, 2.45) is 0 Å². The van der Waals surface area contributed by atoms with E-state index < -0.39 is 10.0 Å². The van der Waals surface area contributed by atoms with E-state index in [-0.39, 0.29) is 10.9 Å². The minimum atomic E-state index is -3.54. The summed E-state index contributed by atoms with van der Waals surface area (Å²) in [5, 5.41) is 12.3. The van der Waals surface area contributed by atoms with E-state index in [0.717, 1.165) is 25.7 Å². The molecule has 2 atom stereocenters. The summed E-state index contributed by atoms with van der Waals surface area (Å²) in [5.74, 6) is 0. The van der Waals surface area contributed by atoms with Gasteiger partial charge in [0.1, 0.15) is 0 Å². The topological polar surface area (TPSA) is 82.0 Å². The lowest BCUT2D eigenvalue weighted by Gasteiger charge is -2.29. The molecule has 0 radical (unpaired) electrons. The minimum Gasteiger partial charge on any atom is -0.311 e. The van der Waals surface area contributed by atoms with Crippen molar-refractivity contribution in [3.63, 3.8) is 0 Å². The zero-order valence-corrected chi connectivity index (χ0v) is 11.9. The Kier molecular flexibility index (Phi) is 3.50. The maximum absolute atomic E-state index is 12.4. The zero-order chi connectivity index (χ0) is 14.2. The number of fused-ring (bicyclic) bond motifs is 2. The monoisotopic (exact) mass is 291 g/mol. The molecule has 2 bridgehead atoms. The van der Waals surface area contributed by atoms with Crippen LogP contribution in [0.3, 0.4) is 0 Å². The van der Waals surface area contributed by atoms with Crippen LogP contribution in [0.2, 0.25) is 0 Å². The number of rotatable bonds is 3. The van der Waals surface area contributed by atoms with E-state index in [1.165, 1.54) is 12.1 Å². The third-order valence-corrected chi connectivity index (χ3v) is 5.59. The Morgan fingerprint density at radius 3 is 2.60 bits per heavy atom. The fourth-order valence-electron chi connectivity index (χ4n) is 3.17. The molecule has 2 N–H and O–H groups in total. The van der Waals surface area contributed by atoms with Crippen molar-refractivity contribution in [3.05, 3.63) is 29.8 Å². The molecule has 1 aromatic carbocycles. The Labute approximate surface area is 119 Å². The normalized spacial score (nSPS) is 29.1. The van der Waals surface area contributed by atoms with Crippen LogP contribution in [0.1, 0.15) is 31.2 Å². The fraction of sp³-hybridized carbons (Fsp3) is 0.500. The highest BCUT2D eigenvalue weighted by Crippen LogP contribution is 2.27. The quantitative estimate of drug-likeness (QED) is 0.874. The number of hydrogen-bond acceptors (Lipinski definition) is 4. The molecule has 3 rings (SSSR count). The summed E-state index contributed by atoms with van der Waals surface area (Å²) in [5.41, 5.74) is 0.359. The van der Waals surface area contributed by atoms with Gasteiger partial charge in [-0.15, -0.1) is 0 Å². The van der Waals surface area contributed by atoms with Crippen molar-refractivity contribution in [2.45, 2.75) is 48.7 Å². The zero-order valence-electron chi connectivity index (χ0n) is 11.0. The van der Waals surface area contributed by atoms with E-state index in [2.05, 4.69) is 10.0 Å². The van der Waals surface area contributed by atoms with E-state index in [4.69, 9.17) is 5.26 Å². The molecule has 5 nitrogen and oxygen atoms in total. The maximum Gasteiger partial charge on any atom is 0.240 e. The van der Waals surface area contributed by atoms with Crippen LogP contribution in [-0.2, 0) is 10.0 Å². The van der Waals surface area contributed by atoms with Gasteiger partial charge in [-0.3, -0.25) is 0 Å². The van der Waals surface area contributed by atoms with Gasteiger partial charge >= 0.3 is 0 Å². The number of nitriles is 1. The predicted molar refractivity (Wildman–Crippen MR) is 74.4 cm³/mol. The maximum atomic E-state index is 12.4. The molecule has 2 heterocycles. The van der Waals surface area contributed by atoms with Crippen molar-refractivity contribution in [1.29, 1.82) is 5.26 Å². The Morgan fingerprint density at radius 1 is 1.25 bits per heavy atom. The molecule has 2 saturated heterocycles. The molecule has 0 spiro atoms. The van der Waals surface area contributed by atoms with Gasteiger partial charge in [-0.05, 0) is 43.9 Å². The summed E-state index contributed by atoms with van der Waals surface area (Å²) in [4.78, 5) is 0.169. The average molecular weight is 291 g/mol. The van der Waals surface area contributed by atoms with Crippen LogP contribution in [0.15, 0.2) is 29.2 Å². The van der Waals surface area contributed by atoms with Crippen molar-refractivity contribution < 1.29 is 8.42 Å². The first kappa shape index (κ1) is 13.6. The number of sulfonamides is 1. The molecule has 6 heteroatoms. The summed E-state index contributed by atoms with van der Waals surface area (Å²) in [7, 11) is -3.54. The Balaban J connectivity index is 1.77. The molecule has 1 aromatic rings. The SMILES string of the molecule is N#Cc1cccc(S(=O)(=O)NC2CC3CCC(C2)N3)c1. The van der Waals surface area contributed by atoms with Gasteiger partial charge in [-0.1, -0.05) is 6.07 Å². The van der Waals surface area contributed by atoms with Gasteiger partial charge in [-0.2, -0.15) is 5.26 Å². The van der Waals surface area contributed by atoms with Gasteiger partial charge in [0.25, 0.3) is 0 Å². The molecule has 0 amide bonds. The summed E-state index contributed by atoms with van der Waals surface area (Å²) in [6.45, 7) is 0. The molecule has 20 heavy (non-hydrogen) atoms. The summed E-state index contributed by atoms with van der Waals surface area (Å²) < 4.78 is 27.5. The lowest BCUT2D eigenvalue weighted by atomic mass is 10.0. The molecule has 0 aliphatic carbocycles. The summed E-state index contributed by atoms with van der Waals surface area (Å²) in [6, 6.07) is 8.97. The predicted octanol–water partition coefficient (Wildman–Crippen LogP) is 1.12. The standard InChI is InChI=1S/C14H17N3O2S/c15-9-10-2-1-3-14(6-10)20(18,19)17-13-7-11-4-5-12(8-13)16-11/h1-3,6,11-13,16-17H,4-5,7-8H2. The van der Waals surface area contributed by atoms with Gasteiger partial charge in [0, 0.05) is 18.1 Å². The lowest BCUT2D eigenvalue weighted by molar-refractivity contribution is 0.345. The van der Waals surface area contributed by atoms with Crippen molar-refractivity contribution in [1.82, 2.24) is 10.0 Å². The van der Waals surface area contributed by atoms with Crippen LogP contribution in [0, 0.1) is 11.3 Å². The van der Waals surface area contributed by atoms with Crippen LogP contribution in [0.4, 0.5) is 0 Å². The second-order valence-electron chi connectivity index (χ2n) is 5.57. The van der Waals surface area contributed by atoms with Crippen molar-refractivity contribution in [3.8, 4) is 6.07 Å². The Hall–Kier alpha value is -1.42.